The number of hydrazine groups is 1. The van der Waals surface area contributed by atoms with Crippen LogP contribution in [0.25, 0.3) is 0 Å². The summed E-state index contributed by atoms with van der Waals surface area (Å²) in [5.74, 6) is 4.95. The van der Waals surface area contributed by atoms with Gasteiger partial charge in [-0.15, -0.1) is 0 Å². The highest BCUT2D eigenvalue weighted by Gasteiger charge is 2.12. The molecule has 0 bridgehead atoms. The number of hydrogen-bond donors (Lipinski definition) is 2. The molecule has 0 aliphatic heterocycles. The average molecular weight is 341 g/mol. The molecule has 1 unspecified atom stereocenters. The Morgan fingerprint density at radius 3 is 2.55 bits per heavy atom. The molecular formula is C15H15BrF2N2. The van der Waals surface area contributed by atoms with Gasteiger partial charge in [-0.3, -0.25) is 11.3 Å². The Morgan fingerprint density at radius 2 is 1.90 bits per heavy atom. The fourth-order valence-electron chi connectivity index (χ4n) is 2.09. The minimum Gasteiger partial charge on any atom is -0.271 e. The number of nitrogens with one attached hydrogen (secondary N) is 1. The smallest absolute Gasteiger partial charge is 0.127 e. The van der Waals surface area contributed by atoms with Gasteiger partial charge in [0.25, 0.3) is 0 Å². The second-order valence-corrected chi connectivity index (χ2v) is 5.55. The third-order valence-corrected chi connectivity index (χ3v) is 3.58. The number of benzene rings is 2. The number of halogens is 3. The molecule has 2 aromatic rings. The van der Waals surface area contributed by atoms with Crippen LogP contribution in [0.2, 0.25) is 0 Å². The SMILES string of the molecule is NNC(Cc1cccc(F)c1)Cc1ccc(Br)cc1F. The Kier molecular flexibility index (Phi) is 5.23. The van der Waals surface area contributed by atoms with Crippen LogP contribution in [-0.2, 0) is 12.8 Å². The normalized spacial score (nSPS) is 12.4. The lowest BCUT2D eigenvalue weighted by molar-refractivity contribution is 0.505. The van der Waals surface area contributed by atoms with Crippen LogP contribution in [0.15, 0.2) is 46.9 Å². The highest BCUT2D eigenvalue weighted by molar-refractivity contribution is 9.10. The number of nitrogens with two attached hydrogens (primary N) is 1. The van der Waals surface area contributed by atoms with Gasteiger partial charge in [0.15, 0.2) is 0 Å². The molecule has 2 nitrogen and oxygen atoms in total. The predicted octanol–water partition coefficient (Wildman–Crippen LogP) is 3.34. The van der Waals surface area contributed by atoms with Crippen molar-refractivity contribution in [2.75, 3.05) is 0 Å². The summed E-state index contributed by atoms with van der Waals surface area (Å²) < 4.78 is 27.6. The van der Waals surface area contributed by atoms with E-state index in [4.69, 9.17) is 5.84 Å². The monoisotopic (exact) mass is 340 g/mol. The van der Waals surface area contributed by atoms with Crippen LogP contribution in [0, 0.1) is 11.6 Å². The number of hydrogen-bond acceptors (Lipinski definition) is 2. The summed E-state index contributed by atoms with van der Waals surface area (Å²) in [6.07, 6.45) is 0.968. The summed E-state index contributed by atoms with van der Waals surface area (Å²) in [5, 5.41) is 0. The van der Waals surface area contributed by atoms with Crippen LogP contribution in [0.3, 0.4) is 0 Å². The van der Waals surface area contributed by atoms with Crippen molar-refractivity contribution in [1.82, 2.24) is 5.43 Å². The Hall–Kier alpha value is -1.30. The molecule has 0 amide bonds. The summed E-state index contributed by atoms with van der Waals surface area (Å²) in [6.45, 7) is 0. The van der Waals surface area contributed by atoms with E-state index in [-0.39, 0.29) is 17.7 Å². The van der Waals surface area contributed by atoms with E-state index in [0.29, 0.717) is 22.9 Å². The highest BCUT2D eigenvalue weighted by atomic mass is 79.9. The van der Waals surface area contributed by atoms with Gasteiger partial charge in [-0.25, -0.2) is 8.78 Å². The van der Waals surface area contributed by atoms with Gasteiger partial charge in [0.05, 0.1) is 0 Å². The van der Waals surface area contributed by atoms with Crippen molar-refractivity contribution in [3.8, 4) is 0 Å². The van der Waals surface area contributed by atoms with E-state index in [1.165, 1.54) is 18.2 Å². The number of rotatable bonds is 5. The molecule has 2 aromatic carbocycles. The standard InChI is InChI=1S/C15H15BrF2N2/c16-12-5-4-11(15(18)9-12)8-14(20-19)7-10-2-1-3-13(17)6-10/h1-6,9,14,20H,7-8,19H2. The van der Waals surface area contributed by atoms with E-state index in [2.05, 4.69) is 21.4 Å². The van der Waals surface area contributed by atoms with Crippen molar-refractivity contribution >= 4 is 15.9 Å². The fraction of sp³-hybridized carbons (Fsp3) is 0.200. The van der Waals surface area contributed by atoms with Crippen LogP contribution in [-0.4, -0.2) is 6.04 Å². The zero-order valence-electron chi connectivity index (χ0n) is 10.7. The first-order valence-electron chi connectivity index (χ1n) is 6.23. The molecule has 106 valence electrons. The molecule has 0 aliphatic carbocycles. The first kappa shape index (κ1) is 15.1. The van der Waals surface area contributed by atoms with Crippen molar-refractivity contribution in [2.24, 2.45) is 5.84 Å². The fourth-order valence-corrected chi connectivity index (χ4v) is 2.42. The topological polar surface area (TPSA) is 38.0 Å². The summed E-state index contributed by atoms with van der Waals surface area (Å²) in [4.78, 5) is 0. The van der Waals surface area contributed by atoms with Crippen LogP contribution in [0.1, 0.15) is 11.1 Å². The van der Waals surface area contributed by atoms with Gasteiger partial charge in [0, 0.05) is 10.5 Å². The van der Waals surface area contributed by atoms with Gasteiger partial charge in [-0.05, 0) is 48.2 Å². The summed E-state index contributed by atoms with van der Waals surface area (Å²) in [6, 6.07) is 11.1. The summed E-state index contributed by atoms with van der Waals surface area (Å²) in [7, 11) is 0. The van der Waals surface area contributed by atoms with Gasteiger partial charge in [-0.1, -0.05) is 34.1 Å². The molecule has 0 spiro atoms. The molecule has 5 heteroatoms. The van der Waals surface area contributed by atoms with E-state index >= 15 is 0 Å². The van der Waals surface area contributed by atoms with Gasteiger partial charge >= 0.3 is 0 Å². The zero-order valence-corrected chi connectivity index (χ0v) is 12.3. The predicted molar refractivity (Wildman–Crippen MR) is 79.0 cm³/mol. The van der Waals surface area contributed by atoms with Gasteiger partial charge in [0.2, 0.25) is 0 Å². The summed E-state index contributed by atoms with van der Waals surface area (Å²) in [5.41, 5.74) is 4.06. The maximum absolute atomic E-state index is 13.8. The molecule has 0 aliphatic rings. The van der Waals surface area contributed by atoms with Gasteiger partial charge in [0.1, 0.15) is 11.6 Å². The molecule has 0 aromatic heterocycles. The molecule has 20 heavy (non-hydrogen) atoms. The minimum absolute atomic E-state index is 0.160. The van der Waals surface area contributed by atoms with E-state index in [1.807, 2.05) is 6.07 Å². The Bertz CT molecular complexity index is 590. The van der Waals surface area contributed by atoms with Crippen LogP contribution >= 0.6 is 15.9 Å². The molecule has 0 saturated carbocycles. The lowest BCUT2D eigenvalue weighted by Gasteiger charge is -2.16. The van der Waals surface area contributed by atoms with Crippen molar-refractivity contribution in [2.45, 2.75) is 18.9 Å². The van der Waals surface area contributed by atoms with E-state index in [1.54, 1.807) is 18.2 Å². The Labute approximate surface area is 125 Å². The van der Waals surface area contributed by atoms with E-state index in [0.717, 1.165) is 5.56 Å². The Balaban J connectivity index is 2.09. The minimum atomic E-state index is -0.284. The second kappa shape index (κ2) is 6.92. The molecule has 0 fully saturated rings. The maximum atomic E-state index is 13.8. The maximum Gasteiger partial charge on any atom is 0.127 e. The van der Waals surface area contributed by atoms with Gasteiger partial charge in [-0.2, -0.15) is 0 Å². The third-order valence-electron chi connectivity index (χ3n) is 3.09. The molecule has 0 saturated heterocycles. The summed E-state index contributed by atoms with van der Waals surface area (Å²) >= 11 is 3.22. The van der Waals surface area contributed by atoms with Crippen molar-refractivity contribution in [3.05, 3.63) is 69.7 Å². The van der Waals surface area contributed by atoms with Gasteiger partial charge < -0.3 is 0 Å². The first-order chi connectivity index (χ1) is 9.58. The second-order valence-electron chi connectivity index (χ2n) is 4.64. The Morgan fingerprint density at radius 1 is 1.10 bits per heavy atom. The first-order valence-corrected chi connectivity index (χ1v) is 7.02. The molecule has 2 rings (SSSR count). The third kappa shape index (κ3) is 4.10. The lowest BCUT2D eigenvalue weighted by Crippen LogP contribution is -2.38. The van der Waals surface area contributed by atoms with E-state index in [9.17, 15) is 8.78 Å². The quantitative estimate of drug-likeness (QED) is 0.647. The largest absolute Gasteiger partial charge is 0.271 e. The molecule has 0 radical (unpaired) electrons. The zero-order chi connectivity index (χ0) is 14.5. The highest BCUT2D eigenvalue weighted by Crippen LogP contribution is 2.17. The van der Waals surface area contributed by atoms with Crippen LogP contribution in [0.5, 0.6) is 0 Å². The molecular weight excluding hydrogens is 326 g/mol. The van der Waals surface area contributed by atoms with Crippen molar-refractivity contribution in [3.63, 3.8) is 0 Å². The molecule has 3 N–H and O–H groups in total. The van der Waals surface area contributed by atoms with E-state index < -0.39 is 0 Å². The van der Waals surface area contributed by atoms with Crippen LogP contribution < -0.4 is 11.3 Å². The van der Waals surface area contributed by atoms with Crippen molar-refractivity contribution < 1.29 is 8.78 Å². The molecule has 0 heterocycles. The molecule has 1 atom stereocenters. The van der Waals surface area contributed by atoms with Crippen LogP contribution in [0.4, 0.5) is 8.78 Å². The average Bonchev–Trinajstić information content (AvgIpc) is 2.41. The lowest BCUT2D eigenvalue weighted by atomic mass is 9.99. The van der Waals surface area contributed by atoms with Crippen molar-refractivity contribution in [1.29, 1.82) is 0 Å².